The van der Waals surface area contributed by atoms with Crippen LogP contribution in [0.3, 0.4) is 0 Å². The quantitative estimate of drug-likeness (QED) is 0.629. The summed E-state index contributed by atoms with van der Waals surface area (Å²) in [5.41, 5.74) is 0.682. The molecule has 3 aromatic rings. The van der Waals surface area contributed by atoms with E-state index in [1.54, 1.807) is 65.8 Å². The van der Waals surface area contributed by atoms with E-state index < -0.39 is 15.8 Å². The minimum atomic E-state index is -3.58. The van der Waals surface area contributed by atoms with E-state index in [-0.39, 0.29) is 49.2 Å². The third-order valence-electron chi connectivity index (χ3n) is 5.13. The molecule has 1 aliphatic rings. The summed E-state index contributed by atoms with van der Waals surface area (Å²) in [5.74, 6) is -0.717. The van der Waals surface area contributed by atoms with Gasteiger partial charge in [0.2, 0.25) is 15.9 Å². The first-order valence-corrected chi connectivity index (χ1v) is 11.3. The number of nitrogens with zero attached hydrogens (tertiary/aromatic N) is 4. The number of hydrogen-bond donors (Lipinski definition) is 1. The van der Waals surface area contributed by atoms with Crippen LogP contribution in [0.2, 0.25) is 0 Å². The van der Waals surface area contributed by atoms with Gasteiger partial charge in [0.05, 0.1) is 22.8 Å². The molecule has 1 saturated heterocycles. The third-order valence-corrected chi connectivity index (χ3v) is 7.04. The van der Waals surface area contributed by atoms with Gasteiger partial charge in [-0.3, -0.25) is 4.79 Å². The van der Waals surface area contributed by atoms with Crippen LogP contribution in [0.1, 0.15) is 0 Å². The molecule has 0 spiro atoms. The molecular weight excluding hydrogens is 421 g/mol. The van der Waals surface area contributed by atoms with Gasteiger partial charge in [-0.15, -0.1) is 0 Å². The summed E-state index contributed by atoms with van der Waals surface area (Å²) in [6.07, 6.45) is 3.27. The Labute approximate surface area is 179 Å². The van der Waals surface area contributed by atoms with Crippen molar-refractivity contribution in [2.24, 2.45) is 0 Å². The predicted octanol–water partition coefficient (Wildman–Crippen LogP) is 1.96. The zero-order valence-electron chi connectivity index (χ0n) is 16.7. The molecule has 31 heavy (non-hydrogen) atoms. The lowest BCUT2D eigenvalue weighted by Crippen LogP contribution is -2.51. The van der Waals surface area contributed by atoms with Gasteiger partial charge in [0.25, 0.3) is 0 Å². The summed E-state index contributed by atoms with van der Waals surface area (Å²) in [4.78, 5) is 14.5. The number of nitrogens with one attached hydrogen (secondary N) is 1. The second-order valence-electron chi connectivity index (χ2n) is 7.04. The molecule has 4 rings (SSSR count). The molecule has 0 bridgehead atoms. The second kappa shape index (κ2) is 8.86. The van der Waals surface area contributed by atoms with E-state index >= 15 is 0 Å². The average Bonchev–Trinajstić information content (AvgIpc) is 3.33. The Morgan fingerprint density at radius 2 is 1.74 bits per heavy atom. The van der Waals surface area contributed by atoms with E-state index in [0.717, 1.165) is 0 Å². The van der Waals surface area contributed by atoms with Crippen LogP contribution < -0.4 is 5.32 Å². The van der Waals surface area contributed by atoms with Crippen LogP contribution in [0.15, 0.2) is 71.9 Å². The highest BCUT2D eigenvalue weighted by Gasteiger charge is 2.30. The largest absolute Gasteiger partial charge is 0.372 e. The Bertz CT molecular complexity index is 1150. The van der Waals surface area contributed by atoms with Crippen LogP contribution in [0.5, 0.6) is 0 Å². The van der Waals surface area contributed by atoms with Crippen molar-refractivity contribution >= 4 is 21.6 Å². The van der Waals surface area contributed by atoms with Crippen molar-refractivity contribution in [1.82, 2.24) is 19.0 Å². The number of sulfonamides is 1. The Balaban J connectivity index is 1.38. The maximum Gasteiger partial charge on any atom is 0.243 e. The molecule has 2 aromatic carbocycles. The lowest BCUT2D eigenvalue weighted by molar-refractivity contribution is -0.130. The number of rotatable bonds is 6. The van der Waals surface area contributed by atoms with Crippen LogP contribution in [0.25, 0.3) is 5.69 Å². The molecule has 0 radical (unpaired) electrons. The minimum Gasteiger partial charge on any atom is -0.372 e. The number of para-hydroxylation sites is 1. The van der Waals surface area contributed by atoms with Crippen molar-refractivity contribution in [2.45, 2.75) is 4.90 Å². The van der Waals surface area contributed by atoms with Gasteiger partial charge in [0.1, 0.15) is 5.82 Å². The first-order valence-electron chi connectivity index (χ1n) is 9.82. The smallest absolute Gasteiger partial charge is 0.243 e. The highest BCUT2D eigenvalue weighted by Crippen LogP contribution is 2.23. The van der Waals surface area contributed by atoms with Gasteiger partial charge in [-0.25, -0.2) is 17.5 Å². The Hall–Kier alpha value is -3.24. The maximum atomic E-state index is 14.4. The van der Waals surface area contributed by atoms with Crippen LogP contribution in [-0.2, 0) is 14.8 Å². The number of hydrogen-bond acceptors (Lipinski definition) is 5. The molecule has 10 heteroatoms. The number of halogens is 1. The van der Waals surface area contributed by atoms with Crippen molar-refractivity contribution in [3.05, 3.63) is 72.8 Å². The van der Waals surface area contributed by atoms with Gasteiger partial charge in [0, 0.05) is 38.6 Å². The molecule has 0 atom stereocenters. The molecule has 1 aliphatic heterocycles. The van der Waals surface area contributed by atoms with Crippen molar-refractivity contribution in [1.29, 1.82) is 0 Å². The molecule has 162 valence electrons. The van der Waals surface area contributed by atoms with E-state index in [9.17, 15) is 17.6 Å². The number of carbonyl (C=O) groups excluding carboxylic acids is 1. The normalized spacial score (nSPS) is 15.1. The fourth-order valence-electron chi connectivity index (χ4n) is 3.49. The predicted molar refractivity (Wildman–Crippen MR) is 114 cm³/mol. The van der Waals surface area contributed by atoms with Crippen LogP contribution in [0.4, 0.5) is 10.1 Å². The van der Waals surface area contributed by atoms with Crippen LogP contribution >= 0.6 is 0 Å². The van der Waals surface area contributed by atoms with Gasteiger partial charge in [-0.1, -0.05) is 24.3 Å². The van der Waals surface area contributed by atoms with Gasteiger partial charge in [0.15, 0.2) is 0 Å². The number of anilines is 1. The molecule has 1 amide bonds. The lowest BCUT2D eigenvalue weighted by Gasteiger charge is -2.34. The van der Waals surface area contributed by atoms with Gasteiger partial charge in [-0.2, -0.15) is 9.40 Å². The zero-order chi connectivity index (χ0) is 21.8. The maximum absolute atomic E-state index is 14.4. The monoisotopic (exact) mass is 443 g/mol. The molecule has 1 fully saturated rings. The Kier molecular flexibility index (Phi) is 6.01. The fraction of sp³-hybridized carbons (Fsp3) is 0.238. The Morgan fingerprint density at radius 3 is 2.42 bits per heavy atom. The summed E-state index contributed by atoms with van der Waals surface area (Å²) >= 11 is 0. The molecule has 1 aromatic heterocycles. The highest BCUT2D eigenvalue weighted by atomic mass is 32.2. The number of piperazine rings is 1. The minimum absolute atomic E-state index is 0.110. The van der Waals surface area contributed by atoms with E-state index in [0.29, 0.717) is 5.69 Å². The highest BCUT2D eigenvalue weighted by molar-refractivity contribution is 7.89. The average molecular weight is 444 g/mol. The standard InChI is InChI=1S/C21H22FN5O3S/c22-18-8-4-9-19(27-11-5-10-24-27)21(18)23-16-20(28)25-12-14-26(15-13-25)31(29,30)17-6-2-1-3-7-17/h1-11,23H,12-16H2. The lowest BCUT2D eigenvalue weighted by atomic mass is 10.2. The first kappa shape index (κ1) is 21.0. The number of benzene rings is 2. The van der Waals surface area contributed by atoms with Crippen molar-refractivity contribution < 1.29 is 17.6 Å². The Morgan fingerprint density at radius 1 is 1.00 bits per heavy atom. The summed E-state index contributed by atoms with van der Waals surface area (Å²) in [7, 11) is -3.58. The molecule has 8 nitrogen and oxygen atoms in total. The molecule has 0 aliphatic carbocycles. The molecular formula is C21H22FN5O3S. The van der Waals surface area contributed by atoms with Crippen LogP contribution in [-0.4, -0.2) is 66.0 Å². The van der Waals surface area contributed by atoms with E-state index in [1.807, 2.05) is 0 Å². The number of carbonyl (C=O) groups is 1. The summed E-state index contributed by atoms with van der Waals surface area (Å²) in [6, 6.07) is 14.6. The van der Waals surface area contributed by atoms with E-state index in [1.165, 1.54) is 15.1 Å². The molecule has 0 unspecified atom stereocenters. The molecule has 2 heterocycles. The molecule has 1 N–H and O–H groups in total. The summed E-state index contributed by atoms with van der Waals surface area (Å²) < 4.78 is 42.7. The van der Waals surface area contributed by atoms with Crippen molar-refractivity contribution in [3.8, 4) is 5.69 Å². The van der Waals surface area contributed by atoms with E-state index in [2.05, 4.69) is 10.4 Å². The summed E-state index contributed by atoms with van der Waals surface area (Å²) in [5, 5.41) is 6.99. The topological polar surface area (TPSA) is 87.5 Å². The van der Waals surface area contributed by atoms with Crippen molar-refractivity contribution in [2.75, 3.05) is 38.0 Å². The summed E-state index contributed by atoms with van der Waals surface area (Å²) in [6.45, 7) is 0.856. The van der Waals surface area contributed by atoms with Gasteiger partial charge < -0.3 is 10.2 Å². The van der Waals surface area contributed by atoms with Crippen molar-refractivity contribution in [3.63, 3.8) is 0 Å². The zero-order valence-corrected chi connectivity index (χ0v) is 17.5. The van der Waals surface area contributed by atoms with Gasteiger partial charge in [-0.05, 0) is 30.3 Å². The van der Waals surface area contributed by atoms with Crippen LogP contribution in [0, 0.1) is 5.82 Å². The fourth-order valence-corrected chi connectivity index (χ4v) is 4.93. The third kappa shape index (κ3) is 4.44. The SMILES string of the molecule is O=C(CNc1c(F)cccc1-n1cccn1)N1CCN(S(=O)(=O)c2ccccc2)CC1. The van der Waals surface area contributed by atoms with E-state index in [4.69, 9.17) is 0 Å². The first-order chi connectivity index (χ1) is 15.0. The molecule has 0 saturated carbocycles. The number of aromatic nitrogens is 2. The van der Waals surface area contributed by atoms with Gasteiger partial charge >= 0.3 is 0 Å². The second-order valence-corrected chi connectivity index (χ2v) is 8.97. The number of amides is 1.